The predicted molar refractivity (Wildman–Crippen MR) is 84.3 cm³/mol. The summed E-state index contributed by atoms with van der Waals surface area (Å²) in [6.45, 7) is 8.00. The summed E-state index contributed by atoms with van der Waals surface area (Å²) < 4.78 is 0. The molecule has 2 rings (SSSR count). The van der Waals surface area contributed by atoms with Crippen LogP contribution in [0.2, 0.25) is 0 Å². The van der Waals surface area contributed by atoms with Gasteiger partial charge in [-0.1, -0.05) is 45.0 Å². The van der Waals surface area contributed by atoms with Crippen LogP contribution in [0.15, 0.2) is 24.3 Å². The first kappa shape index (κ1) is 15.9. The summed E-state index contributed by atoms with van der Waals surface area (Å²) in [5.74, 6) is -0.745. The largest absolute Gasteiger partial charge is 0.480 e. The summed E-state index contributed by atoms with van der Waals surface area (Å²) in [5.41, 5.74) is 2.27. The Morgan fingerprint density at radius 1 is 1.33 bits per heavy atom. The Hall–Kier alpha value is -1.49. The summed E-state index contributed by atoms with van der Waals surface area (Å²) >= 11 is 1.48. The zero-order valence-corrected chi connectivity index (χ0v) is 13.6. The second-order valence-electron chi connectivity index (χ2n) is 6.35. The molecule has 1 heterocycles. The third-order valence-electron chi connectivity index (χ3n) is 3.74. The van der Waals surface area contributed by atoms with E-state index in [9.17, 15) is 14.7 Å². The molecule has 2 atom stereocenters. The van der Waals surface area contributed by atoms with E-state index >= 15 is 0 Å². The van der Waals surface area contributed by atoms with Crippen LogP contribution in [0.1, 0.15) is 44.2 Å². The maximum Gasteiger partial charge on any atom is 0.326 e. The van der Waals surface area contributed by atoms with Crippen molar-refractivity contribution in [3.05, 3.63) is 35.4 Å². The molecule has 0 saturated carbocycles. The minimum atomic E-state index is -0.970. The van der Waals surface area contributed by atoms with Crippen LogP contribution in [0.4, 0.5) is 0 Å². The van der Waals surface area contributed by atoms with Gasteiger partial charge < -0.3 is 10.0 Å². The van der Waals surface area contributed by atoms with Crippen LogP contribution in [-0.4, -0.2) is 33.7 Å². The fraction of sp³-hybridized carbons (Fsp3) is 0.500. The maximum atomic E-state index is 12.0. The van der Waals surface area contributed by atoms with Crippen molar-refractivity contribution < 1.29 is 14.7 Å². The first-order chi connectivity index (χ1) is 9.71. The number of benzene rings is 1. The number of rotatable bonds is 3. The molecule has 0 radical (unpaired) electrons. The summed E-state index contributed by atoms with van der Waals surface area (Å²) in [7, 11) is 0. The van der Waals surface area contributed by atoms with Crippen LogP contribution in [0.3, 0.4) is 0 Å². The molecule has 1 aromatic rings. The zero-order chi connectivity index (χ0) is 15.8. The highest BCUT2D eigenvalue weighted by Crippen LogP contribution is 2.40. The van der Waals surface area contributed by atoms with Gasteiger partial charge in [-0.25, -0.2) is 4.79 Å². The van der Waals surface area contributed by atoms with Gasteiger partial charge in [0.15, 0.2) is 0 Å². The molecule has 21 heavy (non-hydrogen) atoms. The first-order valence-electron chi connectivity index (χ1n) is 6.98. The van der Waals surface area contributed by atoms with E-state index in [4.69, 9.17) is 0 Å². The number of thioether (sulfide) groups is 1. The maximum absolute atomic E-state index is 12.0. The van der Waals surface area contributed by atoms with Crippen molar-refractivity contribution >= 4 is 23.6 Å². The second kappa shape index (κ2) is 5.72. The van der Waals surface area contributed by atoms with E-state index in [2.05, 4.69) is 32.9 Å². The molecule has 1 N–H and O–H groups in total. The molecule has 0 bridgehead atoms. The van der Waals surface area contributed by atoms with E-state index in [1.54, 1.807) is 6.92 Å². The number of carbonyl (C=O) groups is 2. The van der Waals surface area contributed by atoms with Crippen LogP contribution in [0.25, 0.3) is 0 Å². The van der Waals surface area contributed by atoms with Gasteiger partial charge in [0.1, 0.15) is 11.4 Å². The van der Waals surface area contributed by atoms with Gasteiger partial charge in [0.05, 0.1) is 5.75 Å². The highest BCUT2D eigenvalue weighted by Gasteiger charge is 2.38. The molecule has 4 nitrogen and oxygen atoms in total. The van der Waals surface area contributed by atoms with Crippen LogP contribution < -0.4 is 0 Å². The van der Waals surface area contributed by atoms with Gasteiger partial charge in [-0.05, 0) is 23.5 Å². The normalized spacial score (nSPS) is 20.7. The standard InChI is InChI=1S/C16H21NO3S/c1-10(15(19)20)17-13(18)9-21-14(17)11-5-7-12(8-6-11)16(2,3)4/h5-8,10,14H,9H2,1-4H3,(H,19,20). The minimum absolute atomic E-state index is 0.0746. The van der Waals surface area contributed by atoms with Gasteiger partial charge in [0.25, 0.3) is 0 Å². The molecule has 0 aliphatic carbocycles. The van der Waals surface area contributed by atoms with E-state index in [0.717, 1.165) is 5.56 Å². The van der Waals surface area contributed by atoms with E-state index in [-0.39, 0.29) is 16.7 Å². The van der Waals surface area contributed by atoms with Crippen LogP contribution in [-0.2, 0) is 15.0 Å². The molecule has 1 amide bonds. The molecule has 0 spiro atoms. The molecular formula is C16H21NO3S. The topological polar surface area (TPSA) is 57.6 Å². The van der Waals surface area contributed by atoms with Gasteiger partial charge in [-0.2, -0.15) is 0 Å². The molecule has 1 aliphatic rings. The number of carboxylic acid groups (broad SMARTS) is 1. The van der Waals surface area contributed by atoms with Crippen molar-refractivity contribution in [1.29, 1.82) is 0 Å². The van der Waals surface area contributed by atoms with E-state index in [0.29, 0.717) is 5.75 Å². The number of nitrogens with zero attached hydrogens (tertiary/aromatic N) is 1. The Morgan fingerprint density at radius 2 is 1.90 bits per heavy atom. The second-order valence-corrected chi connectivity index (χ2v) is 7.42. The van der Waals surface area contributed by atoms with Gasteiger partial charge in [0.2, 0.25) is 5.91 Å². The number of amides is 1. The first-order valence-corrected chi connectivity index (χ1v) is 8.02. The van der Waals surface area contributed by atoms with Gasteiger partial charge in [-0.15, -0.1) is 11.8 Å². The Bertz CT molecular complexity index is 548. The van der Waals surface area contributed by atoms with Crippen molar-refractivity contribution in [3.63, 3.8) is 0 Å². The molecule has 114 valence electrons. The van der Waals surface area contributed by atoms with E-state index in [1.807, 2.05) is 12.1 Å². The summed E-state index contributed by atoms with van der Waals surface area (Å²) in [4.78, 5) is 24.6. The lowest BCUT2D eigenvalue weighted by Crippen LogP contribution is -2.41. The van der Waals surface area contributed by atoms with E-state index < -0.39 is 12.0 Å². The smallest absolute Gasteiger partial charge is 0.326 e. The highest BCUT2D eigenvalue weighted by atomic mass is 32.2. The van der Waals surface area contributed by atoms with Crippen LogP contribution >= 0.6 is 11.8 Å². The Kier molecular flexibility index (Phi) is 4.33. The van der Waals surface area contributed by atoms with E-state index in [1.165, 1.54) is 22.2 Å². The number of hydrogen-bond acceptors (Lipinski definition) is 3. The molecule has 0 aromatic heterocycles. The van der Waals surface area contributed by atoms with Crippen LogP contribution in [0.5, 0.6) is 0 Å². The minimum Gasteiger partial charge on any atom is -0.480 e. The lowest BCUT2D eigenvalue weighted by molar-refractivity contribution is -0.148. The van der Waals surface area contributed by atoms with Crippen molar-refractivity contribution in [2.75, 3.05) is 5.75 Å². The lowest BCUT2D eigenvalue weighted by Gasteiger charge is -2.28. The van der Waals surface area contributed by atoms with Gasteiger partial charge >= 0.3 is 5.97 Å². The number of carbonyl (C=O) groups excluding carboxylic acids is 1. The fourth-order valence-electron chi connectivity index (χ4n) is 2.38. The van der Waals surface area contributed by atoms with Crippen LogP contribution in [0, 0.1) is 0 Å². The van der Waals surface area contributed by atoms with Crippen molar-refractivity contribution in [2.24, 2.45) is 0 Å². The third-order valence-corrected chi connectivity index (χ3v) is 4.97. The predicted octanol–water partition coefficient (Wildman–Crippen LogP) is 3.03. The molecular weight excluding hydrogens is 286 g/mol. The molecule has 1 aromatic carbocycles. The average Bonchev–Trinajstić information content (AvgIpc) is 2.78. The zero-order valence-electron chi connectivity index (χ0n) is 12.8. The van der Waals surface area contributed by atoms with Crippen molar-refractivity contribution in [3.8, 4) is 0 Å². The highest BCUT2D eigenvalue weighted by molar-refractivity contribution is 8.00. The molecule has 5 heteroatoms. The van der Waals surface area contributed by atoms with Gasteiger partial charge in [0, 0.05) is 0 Å². The van der Waals surface area contributed by atoms with Gasteiger partial charge in [-0.3, -0.25) is 4.79 Å². The molecule has 1 saturated heterocycles. The summed E-state index contributed by atoms with van der Waals surface area (Å²) in [6, 6.07) is 7.31. The Balaban J connectivity index is 2.28. The third kappa shape index (κ3) is 3.23. The Labute approximate surface area is 129 Å². The molecule has 2 unspecified atom stereocenters. The summed E-state index contributed by atoms with van der Waals surface area (Å²) in [6.07, 6.45) is 0. The molecule has 1 aliphatic heterocycles. The Morgan fingerprint density at radius 3 is 2.38 bits per heavy atom. The monoisotopic (exact) mass is 307 g/mol. The summed E-state index contributed by atoms with van der Waals surface area (Å²) in [5, 5.41) is 8.96. The number of carboxylic acids is 1. The quantitative estimate of drug-likeness (QED) is 0.932. The average molecular weight is 307 g/mol. The fourth-order valence-corrected chi connectivity index (χ4v) is 3.64. The molecule has 1 fully saturated rings. The van der Waals surface area contributed by atoms with Crippen molar-refractivity contribution in [1.82, 2.24) is 4.90 Å². The van der Waals surface area contributed by atoms with Crippen molar-refractivity contribution in [2.45, 2.75) is 44.5 Å². The SMILES string of the molecule is CC(C(=O)O)N1C(=O)CSC1c1ccc(C(C)(C)C)cc1. The lowest BCUT2D eigenvalue weighted by atomic mass is 9.86. The number of aliphatic carboxylic acids is 1. The number of hydrogen-bond donors (Lipinski definition) is 1.